The highest BCUT2D eigenvalue weighted by molar-refractivity contribution is 7.86. The second kappa shape index (κ2) is 1.58. The van der Waals surface area contributed by atoms with E-state index in [1.165, 1.54) is 0 Å². The third-order valence-electron chi connectivity index (χ3n) is 2.32. The summed E-state index contributed by atoms with van der Waals surface area (Å²) < 4.78 is 10.7. The van der Waals surface area contributed by atoms with Gasteiger partial charge in [0.2, 0.25) is 0 Å². The average Bonchev–Trinajstić information content (AvgIpc) is 1.58. The molecule has 1 aliphatic carbocycles. The van der Waals surface area contributed by atoms with E-state index in [-0.39, 0.29) is 0 Å². The molecule has 0 bridgehead atoms. The summed E-state index contributed by atoms with van der Waals surface area (Å²) in [4.78, 5) is 0. The van der Waals surface area contributed by atoms with Crippen LogP contribution < -0.4 is 5.73 Å². The quantitative estimate of drug-likeness (QED) is 0.515. The number of rotatable bonds is 0. The van der Waals surface area contributed by atoms with Crippen molar-refractivity contribution in [3.63, 3.8) is 0 Å². The van der Waals surface area contributed by atoms with Gasteiger partial charge in [-0.05, 0) is 18.3 Å². The lowest BCUT2D eigenvalue weighted by atomic mass is 9.68. The molecule has 2 nitrogen and oxygen atoms in total. The maximum atomic E-state index is 10.7. The second-order valence-electron chi connectivity index (χ2n) is 3.40. The monoisotopic (exact) mass is 145 g/mol. The predicted molar refractivity (Wildman–Crippen MR) is 37.5 cm³/mol. The van der Waals surface area contributed by atoms with E-state index < -0.39 is 10.8 Å². The maximum Gasteiger partial charge on any atom is 0.0301 e. The topological polar surface area (TPSA) is 43.1 Å². The SMILES string of the molecule is NC1CC2(C1)CS(=O)C2. The Balaban J connectivity index is 1.94. The normalized spacial score (nSPS) is 56.6. The van der Waals surface area contributed by atoms with Crippen molar-refractivity contribution < 1.29 is 4.21 Å². The van der Waals surface area contributed by atoms with E-state index in [1.54, 1.807) is 0 Å². The van der Waals surface area contributed by atoms with Crippen LogP contribution in [0.15, 0.2) is 0 Å². The Bertz CT molecular complexity index is 152. The molecule has 0 amide bonds. The number of hydrogen-bond donors (Lipinski definition) is 1. The fraction of sp³-hybridized carbons (Fsp3) is 1.00. The summed E-state index contributed by atoms with van der Waals surface area (Å²) in [5.74, 6) is 1.86. The lowest BCUT2D eigenvalue weighted by molar-refractivity contribution is 0.147. The van der Waals surface area contributed by atoms with Gasteiger partial charge in [0.25, 0.3) is 0 Å². The zero-order valence-electron chi connectivity index (χ0n) is 5.30. The number of hydrogen-bond acceptors (Lipinski definition) is 2. The third-order valence-corrected chi connectivity index (χ3v) is 4.19. The molecule has 2 N–H and O–H groups in total. The van der Waals surface area contributed by atoms with Crippen molar-refractivity contribution in [2.24, 2.45) is 11.1 Å². The molecule has 1 heterocycles. The molecule has 1 saturated carbocycles. The Labute approximate surface area is 57.3 Å². The molecule has 0 aromatic carbocycles. The first kappa shape index (κ1) is 5.86. The van der Waals surface area contributed by atoms with Crippen molar-refractivity contribution in [3.8, 4) is 0 Å². The zero-order valence-corrected chi connectivity index (χ0v) is 6.12. The smallest absolute Gasteiger partial charge is 0.0301 e. The van der Waals surface area contributed by atoms with Gasteiger partial charge in [-0.1, -0.05) is 0 Å². The molecular formula is C6H11NOS. The minimum absolute atomic E-state index is 0.419. The van der Waals surface area contributed by atoms with E-state index in [9.17, 15) is 4.21 Å². The van der Waals surface area contributed by atoms with Crippen LogP contribution in [0.3, 0.4) is 0 Å². The third kappa shape index (κ3) is 0.749. The Kier molecular flexibility index (Phi) is 1.03. The van der Waals surface area contributed by atoms with Crippen LogP contribution in [-0.2, 0) is 10.8 Å². The Morgan fingerprint density at radius 3 is 2.33 bits per heavy atom. The molecule has 0 unspecified atom stereocenters. The van der Waals surface area contributed by atoms with E-state index in [2.05, 4.69) is 0 Å². The second-order valence-corrected chi connectivity index (χ2v) is 4.85. The summed E-state index contributed by atoms with van der Waals surface area (Å²) in [5, 5.41) is 0. The zero-order chi connectivity index (χ0) is 6.48. The highest BCUT2D eigenvalue weighted by Gasteiger charge is 2.50. The lowest BCUT2D eigenvalue weighted by Gasteiger charge is -2.51. The van der Waals surface area contributed by atoms with Crippen LogP contribution in [0.4, 0.5) is 0 Å². The van der Waals surface area contributed by atoms with Gasteiger partial charge in [0.1, 0.15) is 0 Å². The molecule has 2 rings (SSSR count). The van der Waals surface area contributed by atoms with Gasteiger partial charge in [-0.25, -0.2) is 0 Å². The van der Waals surface area contributed by atoms with Gasteiger partial charge in [0.15, 0.2) is 0 Å². The standard InChI is InChI=1S/C6H11NOS/c7-5-1-6(2-5)3-9(8)4-6/h5H,1-4,7H2. The van der Waals surface area contributed by atoms with E-state index >= 15 is 0 Å². The molecule has 1 spiro atoms. The first-order valence-electron chi connectivity index (χ1n) is 3.31. The molecule has 2 fully saturated rings. The van der Waals surface area contributed by atoms with Gasteiger partial charge in [-0.15, -0.1) is 0 Å². The van der Waals surface area contributed by atoms with Gasteiger partial charge < -0.3 is 5.73 Å². The minimum Gasteiger partial charge on any atom is -0.328 e. The molecule has 2 aliphatic rings. The summed E-state index contributed by atoms with van der Waals surface area (Å²) in [6, 6.07) is 0.419. The van der Waals surface area contributed by atoms with Gasteiger partial charge in [-0.3, -0.25) is 4.21 Å². The summed E-state index contributed by atoms with van der Waals surface area (Å²) in [5.41, 5.74) is 6.07. The molecule has 0 aromatic heterocycles. The summed E-state index contributed by atoms with van der Waals surface area (Å²) in [6.45, 7) is 0. The Morgan fingerprint density at radius 2 is 2.00 bits per heavy atom. The highest BCUT2D eigenvalue weighted by atomic mass is 32.2. The lowest BCUT2D eigenvalue weighted by Crippen LogP contribution is -2.58. The van der Waals surface area contributed by atoms with Gasteiger partial charge in [-0.2, -0.15) is 0 Å². The fourth-order valence-electron chi connectivity index (χ4n) is 1.93. The molecule has 0 aromatic rings. The van der Waals surface area contributed by atoms with Gasteiger partial charge in [0.05, 0.1) is 0 Å². The van der Waals surface area contributed by atoms with Crippen molar-refractivity contribution >= 4 is 10.8 Å². The molecule has 52 valence electrons. The molecule has 1 aliphatic heterocycles. The van der Waals surface area contributed by atoms with Crippen LogP contribution in [0.25, 0.3) is 0 Å². The van der Waals surface area contributed by atoms with E-state index in [0.29, 0.717) is 11.5 Å². The summed E-state index contributed by atoms with van der Waals surface area (Å²) in [7, 11) is -0.481. The highest BCUT2D eigenvalue weighted by Crippen LogP contribution is 2.47. The van der Waals surface area contributed by atoms with Crippen LogP contribution in [-0.4, -0.2) is 21.8 Å². The minimum atomic E-state index is -0.481. The van der Waals surface area contributed by atoms with Crippen LogP contribution in [0.5, 0.6) is 0 Å². The number of nitrogens with two attached hydrogens (primary N) is 1. The van der Waals surface area contributed by atoms with Crippen LogP contribution in [0.1, 0.15) is 12.8 Å². The fourth-order valence-corrected chi connectivity index (χ4v) is 3.68. The van der Waals surface area contributed by atoms with Crippen molar-refractivity contribution in [1.29, 1.82) is 0 Å². The first-order valence-corrected chi connectivity index (χ1v) is 4.80. The molecule has 1 saturated heterocycles. The summed E-state index contributed by atoms with van der Waals surface area (Å²) in [6.07, 6.45) is 2.25. The van der Waals surface area contributed by atoms with Crippen LogP contribution in [0.2, 0.25) is 0 Å². The largest absolute Gasteiger partial charge is 0.328 e. The van der Waals surface area contributed by atoms with Crippen molar-refractivity contribution in [1.82, 2.24) is 0 Å². The van der Waals surface area contributed by atoms with Crippen LogP contribution in [0, 0.1) is 5.41 Å². The molecular weight excluding hydrogens is 134 g/mol. The molecule has 0 radical (unpaired) electrons. The van der Waals surface area contributed by atoms with E-state index in [4.69, 9.17) is 5.73 Å². The first-order chi connectivity index (χ1) is 4.20. The molecule has 0 atom stereocenters. The Morgan fingerprint density at radius 1 is 1.44 bits per heavy atom. The van der Waals surface area contributed by atoms with Crippen molar-refractivity contribution in [3.05, 3.63) is 0 Å². The molecule has 3 heteroatoms. The predicted octanol–water partition coefficient (Wildman–Crippen LogP) is -0.144. The van der Waals surface area contributed by atoms with Crippen LogP contribution >= 0.6 is 0 Å². The van der Waals surface area contributed by atoms with Gasteiger partial charge >= 0.3 is 0 Å². The average molecular weight is 145 g/mol. The maximum absolute atomic E-state index is 10.7. The summed E-state index contributed by atoms with van der Waals surface area (Å²) >= 11 is 0. The van der Waals surface area contributed by atoms with Crippen molar-refractivity contribution in [2.75, 3.05) is 11.5 Å². The van der Waals surface area contributed by atoms with E-state index in [1.807, 2.05) is 0 Å². The van der Waals surface area contributed by atoms with Crippen molar-refractivity contribution in [2.45, 2.75) is 18.9 Å². The van der Waals surface area contributed by atoms with Gasteiger partial charge in [0, 0.05) is 28.3 Å². The van der Waals surface area contributed by atoms with E-state index in [0.717, 1.165) is 24.3 Å². The molecule has 9 heavy (non-hydrogen) atoms. The Hall–Kier alpha value is 0.110.